The summed E-state index contributed by atoms with van der Waals surface area (Å²) in [5.74, 6) is 1.16. The van der Waals surface area contributed by atoms with Gasteiger partial charge in [0, 0.05) is 18.8 Å². The average Bonchev–Trinajstić information content (AvgIpc) is 3.16. The molecule has 0 unspecified atom stereocenters. The molecule has 6 heteroatoms. The number of nitrogens with one attached hydrogen (secondary N) is 1. The number of hydrogen-bond acceptors (Lipinski definition) is 4. The van der Waals surface area contributed by atoms with E-state index in [4.69, 9.17) is 9.47 Å². The summed E-state index contributed by atoms with van der Waals surface area (Å²) >= 11 is 0. The van der Waals surface area contributed by atoms with Crippen molar-refractivity contribution in [1.29, 1.82) is 0 Å². The Bertz CT molecular complexity index is 1010. The Morgan fingerprint density at radius 1 is 1.10 bits per heavy atom. The van der Waals surface area contributed by atoms with Crippen LogP contribution in [0, 0.1) is 6.92 Å². The van der Waals surface area contributed by atoms with Gasteiger partial charge < -0.3 is 14.8 Å². The van der Waals surface area contributed by atoms with Gasteiger partial charge in [-0.1, -0.05) is 24.3 Å². The second-order valence-electron chi connectivity index (χ2n) is 6.86. The van der Waals surface area contributed by atoms with Gasteiger partial charge in [-0.3, -0.25) is 4.79 Å². The minimum absolute atomic E-state index is 0.124. The zero-order chi connectivity index (χ0) is 21.3. The summed E-state index contributed by atoms with van der Waals surface area (Å²) in [6.07, 6.45) is 7.05. The van der Waals surface area contributed by atoms with Crippen molar-refractivity contribution < 1.29 is 14.3 Å². The van der Waals surface area contributed by atoms with Gasteiger partial charge in [-0.2, -0.15) is 5.10 Å². The highest BCUT2D eigenvalue weighted by Crippen LogP contribution is 2.27. The first-order valence-electron chi connectivity index (χ1n) is 9.89. The van der Waals surface area contributed by atoms with Crippen molar-refractivity contribution in [3.8, 4) is 17.2 Å². The van der Waals surface area contributed by atoms with Crippen molar-refractivity contribution in [2.45, 2.75) is 19.8 Å². The molecule has 1 heterocycles. The molecule has 2 aromatic carbocycles. The van der Waals surface area contributed by atoms with Gasteiger partial charge >= 0.3 is 0 Å². The molecule has 156 valence electrons. The molecule has 0 saturated carbocycles. The molecule has 1 N–H and O–H groups in total. The molecule has 0 aliphatic carbocycles. The minimum atomic E-state index is -0.124. The lowest BCUT2D eigenvalue weighted by atomic mass is 10.1. The Hall–Kier alpha value is -3.54. The predicted molar refractivity (Wildman–Crippen MR) is 118 cm³/mol. The van der Waals surface area contributed by atoms with Crippen molar-refractivity contribution >= 4 is 12.0 Å². The van der Waals surface area contributed by atoms with Crippen molar-refractivity contribution in [3.05, 3.63) is 77.6 Å². The topological polar surface area (TPSA) is 65.4 Å². The van der Waals surface area contributed by atoms with Crippen LogP contribution in [0.5, 0.6) is 11.5 Å². The predicted octanol–water partition coefficient (Wildman–Crippen LogP) is 3.96. The van der Waals surface area contributed by atoms with E-state index in [1.807, 2.05) is 60.1 Å². The monoisotopic (exact) mass is 405 g/mol. The molecule has 0 aliphatic heterocycles. The molecule has 1 aromatic heterocycles. The van der Waals surface area contributed by atoms with Crippen LogP contribution < -0.4 is 14.8 Å². The lowest BCUT2D eigenvalue weighted by molar-refractivity contribution is -0.116. The summed E-state index contributed by atoms with van der Waals surface area (Å²) in [6.45, 7) is 2.62. The van der Waals surface area contributed by atoms with Crippen molar-refractivity contribution in [2.24, 2.45) is 0 Å². The first-order valence-corrected chi connectivity index (χ1v) is 9.89. The molecule has 0 saturated heterocycles. The average molecular weight is 405 g/mol. The Labute approximate surface area is 177 Å². The molecular weight excluding hydrogens is 378 g/mol. The zero-order valence-corrected chi connectivity index (χ0v) is 17.6. The summed E-state index contributed by atoms with van der Waals surface area (Å²) < 4.78 is 12.4. The molecule has 0 aliphatic rings. The molecule has 30 heavy (non-hydrogen) atoms. The maximum absolute atomic E-state index is 12.1. The molecule has 1 amide bonds. The fourth-order valence-electron chi connectivity index (χ4n) is 3.13. The van der Waals surface area contributed by atoms with Crippen LogP contribution in [0.4, 0.5) is 0 Å². The summed E-state index contributed by atoms with van der Waals surface area (Å²) in [5.41, 5.74) is 4.11. The zero-order valence-electron chi connectivity index (χ0n) is 17.6. The van der Waals surface area contributed by atoms with Crippen LogP contribution in [-0.4, -0.2) is 36.5 Å². The molecule has 3 rings (SSSR count). The third-order valence-corrected chi connectivity index (χ3v) is 4.78. The van der Waals surface area contributed by atoms with E-state index < -0.39 is 0 Å². The number of methoxy groups -OCH3 is 2. The summed E-state index contributed by atoms with van der Waals surface area (Å²) in [6, 6.07) is 15.6. The number of carbonyl (C=O) groups is 1. The number of amides is 1. The van der Waals surface area contributed by atoms with E-state index in [-0.39, 0.29) is 5.91 Å². The van der Waals surface area contributed by atoms with E-state index in [1.54, 1.807) is 20.3 Å². The smallest absolute Gasteiger partial charge is 0.243 e. The van der Waals surface area contributed by atoms with Crippen molar-refractivity contribution in [2.75, 3.05) is 20.8 Å². The normalized spacial score (nSPS) is 10.9. The second kappa shape index (κ2) is 10.3. The van der Waals surface area contributed by atoms with Crippen LogP contribution in [0.2, 0.25) is 0 Å². The SMILES string of the molecule is COc1ccc(C=CC(=O)NCCCc2cn(-c3ccccc3)nc2C)cc1OC. The fourth-order valence-corrected chi connectivity index (χ4v) is 3.13. The number of rotatable bonds is 9. The lowest BCUT2D eigenvalue weighted by Crippen LogP contribution is -2.22. The molecule has 0 fully saturated rings. The molecule has 0 spiro atoms. The van der Waals surface area contributed by atoms with Gasteiger partial charge in [-0.05, 0) is 61.2 Å². The Kier molecular flexibility index (Phi) is 7.27. The molecule has 3 aromatic rings. The van der Waals surface area contributed by atoms with Crippen LogP contribution in [0.3, 0.4) is 0 Å². The highest BCUT2D eigenvalue weighted by Gasteiger charge is 2.07. The summed E-state index contributed by atoms with van der Waals surface area (Å²) in [7, 11) is 3.18. The van der Waals surface area contributed by atoms with Gasteiger partial charge in [-0.15, -0.1) is 0 Å². The molecular formula is C24H27N3O3. The first-order chi connectivity index (χ1) is 14.6. The fraction of sp³-hybridized carbons (Fsp3) is 0.250. The van der Waals surface area contributed by atoms with Crippen LogP contribution in [0.15, 0.2) is 60.8 Å². The maximum atomic E-state index is 12.1. The summed E-state index contributed by atoms with van der Waals surface area (Å²) in [4.78, 5) is 12.1. The van der Waals surface area contributed by atoms with E-state index in [2.05, 4.69) is 16.6 Å². The molecule has 0 atom stereocenters. The number of ether oxygens (including phenoxy) is 2. The van der Waals surface area contributed by atoms with E-state index in [0.717, 1.165) is 29.8 Å². The van der Waals surface area contributed by atoms with Gasteiger partial charge in [0.1, 0.15) is 0 Å². The van der Waals surface area contributed by atoms with E-state index in [1.165, 1.54) is 11.6 Å². The van der Waals surface area contributed by atoms with Gasteiger partial charge in [0.2, 0.25) is 5.91 Å². The number of hydrogen-bond donors (Lipinski definition) is 1. The third-order valence-electron chi connectivity index (χ3n) is 4.78. The number of aromatic nitrogens is 2. The molecule has 6 nitrogen and oxygen atoms in total. The number of aryl methyl sites for hydroxylation is 2. The Balaban J connectivity index is 1.47. The third kappa shape index (κ3) is 5.50. The van der Waals surface area contributed by atoms with Gasteiger partial charge in [0.25, 0.3) is 0 Å². The highest BCUT2D eigenvalue weighted by molar-refractivity contribution is 5.91. The number of nitrogens with zero attached hydrogens (tertiary/aromatic N) is 2. The molecule has 0 radical (unpaired) electrons. The second-order valence-corrected chi connectivity index (χ2v) is 6.86. The first kappa shape index (κ1) is 21.2. The van der Waals surface area contributed by atoms with Crippen LogP contribution in [0.25, 0.3) is 11.8 Å². The maximum Gasteiger partial charge on any atom is 0.243 e. The lowest BCUT2D eigenvalue weighted by Gasteiger charge is -2.07. The van der Waals surface area contributed by atoms with Gasteiger partial charge in [0.15, 0.2) is 11.5 Å². The van der Waals surface area contributed by atoms with E-state index >= 15 is 0 Å². The summed E-state index contributed by atoms with van der Waals surface area (Å²) in [5, 5.41) is 7.51. The van der Waals surface area contributed by atoms with Gasteiger partial charge in [-0.25, -0.2) is 4.68 Å². The quantitative estimate of drug-likeness (QED) is 0.432. The van der Waals surface area contributed by atoms with E-state index in [9.17, 15) is 4.79 Å². The largest absolute Gasteiger partial charge is 0.493 e. The van der Waals surface area contributed by atoms with Crippen molar-refractivity contribution in [3.63, 3.8) is 0 Å². The van der Waals surface area contributed by atoms with Crippen LogP contribution >= 0.6 is 0 Å². The standard InChI is InChI=1S/C24H27N3O3/c1-18-20(17-27(26-18)21-9-5-4-6-10-21)8-7-15-25-24(28)14-12-19-11-13-22(29-2)23(16-19)30-3/h4-6,9-14,16-17H,7-8,15H2,1-3H3,(H,25,28). The number of para-hydroxylation sites is 1. The molecule has 0 bridgehead atoms. The van der Waals surface area contributed by atoms with Gasteiger partial charge in [0.05, 0.1) is 25.6 Å². The number of carbonyl (C=O) groups excluding carboxylic acids is 1. The Morgan fingerprint density at radius 3 is 2.60 bits per heavy atom. The van der Waals surface area contributed by atoms with E-state index in [0.29, 0.717) is 18.0 Å². The minimum Gasteiger partial charge on any atom is -0.493 e. The van der Waals surface area contributed by atoms with Crippen LogP contribution in [0.1, 0.15) is 23.2 Å². The number of benzene rings is 2. The Morgan fingerprint density at radius 2 is 1.87 bits per heavy atom. The van der Waals surface area contributed by atoms with Crippen molar-refractivity contribution in [1.82, 2.24) is 15.1 Å². The van der Waals surface area contributed by atoms with Crippen LogP contribution in [-0.2, 0) is 11.2 Å². The highest BCUT2D eigenvalue weighted by atomic mass is 16.5.